The van der Waals surface area contributed by atoms with E-state index in [0.717, 1.165) is 0 Å². The van der Waals surface area contributed by atoms with Crippen molar-refractivity contribution in [3.8, 4) is 0 Å². The SMILES string of the molecule is CCCC(=O)[O-].CCCC[N+](C)(CCCC)CCCC. The van der Waals surface area contributed by atoms with Gasteiger partial charge in [-0.05, 0) is 25.7 Å². The number of aliphatic carboxylic acids is 1. The molecule has 0 N–H and O–H groups in total. The predicted molar refractivity (Wildman–Crippen MR) is 85.4 cm³/mol. The Labute approximate surface area is 127 Å². The molecule has 0 unspecified atom stereocenters. The lowest BCUT2D eigenvalue weighted by Crippen LogP contribution is -2.46. The Morgan fingerprint density at radius 1 is 0.800 bits per heavy atom. The van der Waals surface area contributed by atoms with E-state index in [1.165, 1.54) is 62.6 Å². The first-order valence-electron chi connectivity index (χ1n) is 8.49. The van der Waals surface area contributed by atoms with E-state index in [0.29, 0.717) is 6.42 Å². The van der Waals surface area contributed by atoms with E-state index in [9.17, 15) is 9.90 Å². The summed E-state index contributed by atoms with van der Waals surface area (Å²) in [6.07, 6.45) is 9.05. The van der Waals surface area contributed by atoms with Crippen molar-refractivity contribution in [2.24, 2.45) is 0 Å². The fourth-order valence-electron chi connectivity index (χ4n) is 2.16. The molecule has 0 aliphatic carbocycles. The smallest absolute Gasteiger partial charge is 0.0784 e. The molecule has 20 heavy (non-hydrogen) atoms. The number of carboxylic acids is 1. The highest BCUT2D eigenvalue weighted by Gasteiger charge is 2.18. The second-order valence-corrected chi connectivity index (χ2v) is 5.97. The summed E-state index contributed by atoms with van der Waals surface area (Å²) in [5, 5.41) is 9.49. The molecule has 0 fully saturated rings. The van der Waals surface area contributed by atoms with E-state index < -0.39 is 5.97 Å². The van der Waals surface area contributed by atoms with Crippen LogP contribution in [-0.2, 0) is 4.79 Å². The quantitative estimate of drug-likeness (QED) is 0.547. The van der Waals surface area contributed by atoms with E-state index >= 15 is 0 Å². The molecule has 0 aromatic heterocycles. The van der Waals surface area contributed by atoms with E-state index in [4.69, 9.17) is 0 Å². The van der Waals surface area contributed by atoms with Crippen LogP contribution in [0, 0.1) is 0 Å². The van der Waals surface area contributed by atoms with Crippen molar-refractivity contribution in [1.82, 2.24) is 0 Å². The summed E-state index contributed by atoms with van der Waals surface area (Å²) in [6.45, 7) is 12.8. The molecule has 0 spiro atoms. The first-order chi connectivity index (χ1) is 9.45. The van der Waals surface area contributed by atoms with Gasteiger partial charge in [-0.3, -0.25) is 0 Å². The Kier molecular flexibility index (Phi) is 16.1. The van der Waals surface area contributed by atoms with Gasteiger partial charge in [0.25, 0.3) is 0 Å². The Morgan fingerprint density at radius 2 is 1.15 bits per heavy atom. The maximum absolute atomic E-state index is 9.49. The van der Waals surface area contributed by atoms with Gasteiger partial charge >= 0.3 is 0 Å². The van der Waals surface area contributed by atoms with Gasteiger partial charge in [0.2, 0.25) is 0 Å². The van der Waals surface area contributed by atoms with Crippen LogP contribution in [0.5, 0.6) is 0 Å². The number of rotatable bonds is 11. The number of nitrogens with zero attached hydrogens (tertiary/aromatic N) is 1. The molecule has 3 heteroatoms. The number of hydrogen-bond donors (Lipinski definition) is 0. The first kappa shape index (κ1) is 21.7. The summed E-state index contributed by atoms with van der Waals surface area (Å²) < 4.78 is 1.32. The van der Waals surface area contributed by atoms with Gasteiger partial charge in [0.15, 0.2) is 0 Å². The third-order valence-corrected chi connectivity index (χ3v) is 3.61. The third kappa shape index (κ3) is 15.5. The summed E-state index contributed by atoms with van der Waals surface area (Å²) in [7, 11) is 2.45. The molecule has 0 amide bonds. The molecule has 3 nitrogen and oxygen atoms in total. The van der Waals surface area contributed by atoms with Gasteiger partial charge in [0, 0.05) is 5.97 Å². The normalized spacial score (nSPS) is 10.8. The lowest BCUT2D eigenvalue weighted by Gasteiger charge is -2.34. The van der Waals surface area contributed by atoms with Crippen LogP contribution < -0.4 is 5.11 Å². The Bertz CT molecular complexity index is 195. The molecule has 0 rings (SSSR count). The average molecular weight is 287 g/mol. The minimum Gasteiger partial charge on any atom is -0.550 e. The molecule has 0 saturated heterocycles. The molecule has 0 aromatic rings. The van der Waals surface area contributed by atoms with Crippen LogP contribution in [0.25, 0.3) is 0 Å². The Morgan fingerprint density at radius 3 is 1.30 bits per heavy atom. The van der Waals surface area contributed by atoms with Crippen molar-refractivity contribution < 1.29 is 14.4 Å². The van der Waals surface area contributed by atoms with Crippen molar-refractivity contribution >= 4 is 5.97 Å². The van der Waals surface area contributed by atoms with Crippen LogP contribution in [-0.4, -0.2) is 37.1 Å². The number of carbonyl (C=O) groups is 1. The fourth-order valence-corrected chi connectivity index (χ4v) is 2.16. The van der Waals surface area contributed by atoms with Crippen molar-refractivity contribution in [1.29, 1.82) is 0 Å². The molecule has 0 radical (unpaired) electrons. The van der Waals surface area contributed by atoms with Crippen LogP contribution in [0.2, 0.25) is 0 Å². The summed E-state index contributed by atoms with van der Waals surface area (Å²) in [6, 6.07) is 0. The van der Waals surface area contributed by atoms with Crippen molar-refractivity contribution in [3.63, 3.8) is 0 Å². The summed E-state index contributed by atoms with van der Waals surface area (Å²) in [4.78, 5) is 9.49. The highest BCUT2D eigenvalue weighted by molar-refractivity contribution is 5.63. The van der Waals surface area contributed by atoms with Gasteiger partial charge in [-0.2, -0.15) is 0 Å². The number of carboxylic acid groups (broad SMARTS) is 1. The minimum atomic E-state index is -0.961. The van der Waals surface area contributed by atoms with E-state index in [1.54, 1.807) is 6.92 Å². The van der Waals surface area contributed by atoms with Crippen LogP contribution >= 0.6 is 0 Å². The highest BCUT2D eigenvalue weighted by Crippen LogP contribution is 2.10. The summed E-state index contributed by atoms with van der Waals surface area (Å²) in [5.41, 5.74) is 0. The Hall–Kier alpha value is -0.570. The van der Waals surface area contributed by atoms with Gasteiger partial charge in [-0.15, -0.1) is 0 Å². The molecular weight excluding hydrogens is 250 g/mol. The first-order valence-corrected chi connectivity index (χ1v) is 8.49. The second kappa shape index (κ2) is 14.8. The van der Waals surface area contributed by atoms with Crippen molar-refractivity contribution in [2.45, 2.75) is 79.1 Å². The largest absolute Gasteiger partial charge is 0.550 e. The van der Waals surface area contributed by atoms with Crippen molar-refractivity contribution in [2.75, 3.05) is 26.7 Å². The lowest BCUT2D eigenvalue weighted by atomic mass is 10.2. The zero-order valence-electron chi connectivity index (χ0n) is 14.5. The van der Waals surface area contributed by atoms with Gasteiger partial charge in [-0.25, -0.2) is 0 Å². The fraction of sp³-hybridized carbons (Fsp3) is 0.941. The molecule has 0 aliphatic heterocycles. The molecule has 0 aromatic carbocycles. The molecular formula is C17H37NO2. The standard InChI is InChI=1S/C13H30N.C4H8O2/c1-5-8-11-14(4,12-9-6-2)13-10-7-3;1-2-3-4(5)6/h5-13H2,1-4H3;2-3H2,1H3,(H,5,6)/q+1;/p-1. The van der Waals surface area contributed by atoms with Crippen LogP contribution in [0.4, 0.5) is 0 Å². The number of hydrogen-bond acceptors (Lipinski definition) is 2. The monoisotopic (exact) mass is 287 g/mol. The van der Waals surface area contributed by atoms with Gasteiger partial charge in [0.05, 0.1) is 26.7 Å². The molecule has 122 valence electrons. The van der Waals surface area contributed by atoms with E-state index in [2.05, 4.69) is 27.8 Å². The Balaban J connectivity index is 0. The molecule has 0 bridgehead atoms. The number of carbonyl (C=O) groups excluding carboxylic acids is 1. The van der Waals surface area contributed by atoms with E-state index in [1.807, 2.05) is 0 Å². The zero-order valence-corrected chi connectivity index (χ0v) is 14.5. The second-order valence-electron chi connectivity index (χ2n) is 5.97. The average Bonchev–Trinajstić information content (AvgIpc) is 2.41. The molecule has 0 aliphatic rings. The molecule has 0 saturated carbocycles. The van der Waals surface area contributed by atoms with Gasteiger partial charge in [-0.1, -0.05) is 53.4 Å². The summed E-state index contributed by atoms with van der Waals surface area (Å²) in [5.74, 6) is -0.961. The number of unbranched alkanes of at least 4 members (excludes halogenated alkanes) is 3. The maximum atomic E-state index is 9.49. The van der Waals surface area contributed by atoms with E-state index in [-0.39, 0.29) is 6.42 Å². The summed E-state index contributed by atoms with van der Waals surface area (Å²) >= 11 is 0. The molecule has 0 heterocycles. The molecule has 0 atom stereocenters. The number of quaternary nitrogens is 1. The van der Waals surface area contributed by atoms with Crippen LogP contribution in [0.3, 0.4) is 0 Å². The third-order valence-electron chi connectivity index (χ3n) is 3.61. The predicted octanol–water partition coefficient (Wildman–Crippen LogP) is 3.37. The topological polar surface area (TPSA) is 40.1 Å². The van der Waals surface area contributed by atoms with Crippen molar-refractivity contribution in [3.05, 3.63) is 0 Å². The zero-order chi connectivity index (χ0) is 15.9. The maximum Gasteiger partial charge on any atom is 0.0784 e. The van der Waals surface area contributed by atoms with Gasteiger partial charge in [0.1, 0.15) is 0 Å². The van der Waals surface area contributed by atoms with Gasteiger partial charge < -0.3 is 14.4 Å². The van der Waals surface area contributed by atoms with Crippen LogP contribution in [0.15, 0.2) is 0 Å². The highest BCUT2D eigenvalue weighted by atomic mass is 16.4. The lowest BCUT2D eigenvalue weighted by molar-refractivity contribution is -0.910. The minimum absolute atomic E-state index is 0.181. The van der Waals surface area contributed by atoms with Crippen LogP contribution in [0.1, 0.15) is 79.1 Å².